The number of carboxylic acids is 1. The average Bonchev–Trinajstić information content (AvgIpc) is 3.21. The molecule has 0 spiro atoms. The van der Waals surface area contributed by atoms with Gasteiger partial charge in [0.1, 0.15) is 6.61 Å². The Morgan fingerprint density at radius 3 is 2.50 bits per heavy atom. The molecule has 1 amide bonds. The Kier molecular flexibility index (Phi) is 10.7. The monoisotopic (exact) mass is 684 g/mol. The van der Waals surface area contributed by atoms with Gasteiger partial charge in [0.05, 0.1) is 18.8 Å². The summed E-state index contributed by atoms with van der Waals surface area (Å²) in [5.41, 5.74) is -7.15. The van der Waals surface area contributed by atoms with E-state index >= 15 is 4.39 Å². The third kappa shape index (κ3) is 6.42. The Morgan fingerprint density at radius 2 is 1.83 bits per heavy atom. The molecule has 3 saturated carbocycles. The van der Waals surface area contributed by atoms with Crippen LogP contribution in [0, 0.1) is 32.8 Å². The first kappa shape index (κ1) is 36.9. The molecule has 3 fully saturated rings. The second-order valence-electron chi connectivity index (χ2n) is 13.4. The van der Waals surface area contributed by atoms with Crippen LogP contribution in [0.25, 0.3) is 0 Å². The van der Waals surface area contributed by atoms with Gasteiger partial charge in [-0.2, -0.15) is 0 Å². The predicted molar refractivity (Wildman–Crippen MR) is 158 cm³/mol. The third-order valence-corrected chi connectivity index (χ3v) is 10.9. The largest absolute Gasteiger partial charge is 0.508 e. The molecule has 266 valence electrons. The minimum atomic E-state index is -2.55. The van der Waals surface area contributed by atoms with Crippen LogP contribution in [0.3, 0.4) is 0 Å². The maximum Gasteiger partial charge on any atom is 0.508 e. The fourth-order valence-corrected chi connectivity index (χ4v) is 8.30. The lowest BCUT2D eigenvalue weighted by Gasteiger charge is -2.62. The fraction of sp³-hybridized carbons (Fsp3) is 0.710. The van der Waals surface area contributed by atoms with E-state index in [9.17, 15) is 54.5 Å². The number of ether oxygens (including phenoxy) is 2. The number of nitrogens with one attached hydrogen (secondary N) is 1. The number of hydrogen-bond acceptors (Lipinski definition) is 13. The SMILES string of the molecule is C[C@]12C=CC(=O)C=C1CC[C@H]1[C@@H]3C[C@@H](O)[C@](O)(C(=O)COC(=O)OCC(NC(=O)CCCCCO[N+](=O)[O-])C(=O)O)[C@@]3(C)C[C@H](O)[C@@]12F. The van der Waals surface area contributed by atoms with Gasteiger partial charge in [-0.15, -0.1) is 10.1 Å². The number of hydrogen-bond donors (Lipinski definition) is 5. The fourth-order valence-electron chi connectivity index (χ4n) is 8.30. The molecule has 0 saturated heterocycles. The molecule has 0 heterocycles. The quantitative estimate of drug-likeness (QED) is 0.0745. The summed E-state index contributed by atoms with van der Waals surface area (Å²) in [4.78, 5) is 75.7. The van der Waals surface area contributed by atoms with Gasteiger partial charge >= 0.3 is 12.1 Å². The highest BCUT2D eigenvalue weighted by Crippen LogP contribution is 2.69. The minimum absolute atomic E-state index is 0.117. The molecular formula is C31H41FN2O14. The predicted octanol–water partition coefficient (Wildman–Crippen LogP) is 1.12. The van der Waals surface area contributed by atoms with E-state index in [2.05, 4.69) is 10.2 Å². The maximum atomic E-state index is 17.2. The van der Waals surface area contributed by atoms with Crippen molar-refractivity contribution >= 4 is 29.6 Å². The Labute approximate surface area is 274 Å². The first-order chi connectivity index (χ1) is 22.4. The zero-order valence-electron chi connectivity index (χ0n) is 26.6. The summed E-state index contributed by atoms with van der Waals surface area (Å²) in [7, 11) is 0. The Hall–Kier alpha value is -3.96. The molecule has 0 aromatic carbocycles. The number of allylic oxidation sites excluding steroid dienone is 4. The normalized spacial score (nSPS) is 35.6. The highest BCUT2D eigenvalue weighted by molar-refractivity contribution is 6.01. The number of rotatable bonds is 14. The number of aliphatic hydroxyl groups excluding tert-OH is 2. The van der Waals surface area contributed by atoms with Crippen LogP contribution in [0.1, 0.15) is 65.2 Å². The summed E-state index contributed by atoms with van der Waals surface area (Å²) in [5.74, 6) is -5.33. The van der Waals surface area contributed by atoms with E-state index in [4.69, 9.17) is 9.47 Å². The number of unbranched alkanes of at least 4 members (excludes halogenated alkanes) is 2. The second-order valence-corrected chi connectivity index (χ2v) is 13.4. The van der Waals surface area contributed by atoms with Crippen molar-refractivity contribution in [1.82, 2.24) is 5.32 Å². The van der Waals surface area contributed by atoms with Gasteiger partial charge in [0, 0.05) is 23.2 Å². The van der Waals surface area contributed by atoms with E-state index in [0.29, 0.717) is 24.8 Å². The van der Waals surface area contributed by atoms with Crippen LogP contribution >= 0.6 is 0 Å². The number of amides is 1. The molecule has 0 aromatic heterocycles. The lowest BCUT2D eigenvalue weighted by Crippen LogP contribution is -2.69. The third-order valence-electron chi connectivity index (χ3n) is 10.9. The maximum absolute atomic E-state index is 17.2. The summed E-state index contributed by atoms with van der Waals surface area (Å²) in [6.45, 7) is 0.946. The Balaban J connectivity index is 1.34. The number of Topliss-reactive ketones (excluding diaryl/α,β-unsaturated/α-hetero) is 1. The molecule has 4 aliphatic rings. The van der Waals surface area contributed by atoms with E-state index in [1.807, 2.05) is 0 Å². The van der Waals surface area contributed by atoms with Crippen molar-refractivity contribution in [3.8, 4) is 0 Å². The Morgan fingerprint density at radius 1 is 1.12 bits per heavy atom. The van der Waals surface area contributed by atoms with Crippen molar-refractivity contribution in [3.63, 3.8) is 0 Å². The average molecular weight is 685 g/mol. The highest BCUT2D eigenvalue weighted by atomic mass is 19.1. The number of aliphatic carboxylic acids is 1. The van der Waals surface area contributed by atoms with E-state index < -0.39 is 101 Å². The molecule has 0 aliphatic heterocycles. The van der Waals surface area contributed by atoms with Crippen molar-refractivity contribution in [2.75, 3.05) is 19.8 Å². The molecular weight excluding hydrogens is 643 g/mol. The topological polar surface area (TPSA) is 249 Å². The minimum Gasteiger partial charge on any atom is -0.480 e. The molecule has 4 aliphatic carbocycles. The van der Waals surface area contributed by atoms with Gasteiger partial charge in [-0.3, -0.25) is 14.4 Å². The summed E-state index contributed by atoms with van der Waals surface area (Å²) >= 11 is 0. The molecule has 1 unspecified atom stereocenters. The van der Waals surface area contributed by atoms with Gasteiger partial charge in [0.15, 0.2) is 29.7 Å². The number of carboxylic acid groups (broad SMARTS) is 1. The van der Waals surface area contributed by atoms with Crippen LogP contribution in [-0.4, -0.2) is 104 Å². The first-order valence-electron chi connectivity index (χ1n) is 15.8. The van der Waals surface area contributed by atoms with Crippen molar-refractivity contribution in [1.29, 1.82) is 0 Å². The van der Waals surface area contributed by atoms with Gasteiger partial charge in [0.25, 0.3) is 5.09 Å². The number of carbonyl (C=O) groups excluding carboxylic acids is 4. The van der Waals surface area contributed by atoms with Gasteiger partial charge in [-0.05, 0) is 63.5 Å². The highest BCUT2D eigenvalue weighted by Gasteiger charge is 2.76. The van der Waals surface area contributed by atoms with Gasteiger partial charge in [-0.25, -0.2) is 14.0 Å². The zero-order valence-corrected chi connectivity index (χ0v) is 26.6. The van der Waals surface area contributed by atoms with Crippen molar-refractivity contribution in [3.05, 3.63) is 33.9 Å². The van der Waals surface area contributed by atoms with Crippen molar-refractivity contribution < 1.29 is 68.2 Å². The number of fused-ring (bicyclic) bond motifs is 5. The summed E-state index contributed by atoms with van der Waals surface area (Å²) in [6, 6.07) is -1.67. The molecule has 4 rings (SSSR count). The number of carbonyl (C=O) groups is 5. The van der Waals surface area contributed by atoms with Gasteiger partial charge in [0.2, 0.25) is 11.7 Å². The van der Waals surface area contributed by atoms with Gasteiger partial charge < -0.3 is 40.1 Å². The van der Waals surface area contributed by atoms with E-state index in [0.717, 1.165) is 0 Å². The molecule has 9 atom stereocenters. The molecule has 5 N–H and O–H groups in total. The number of halogens is 1. The van der Waals surface area contributed by atoms with E-state index in [1.54, 1.807) is 6.92 Å². The lowest BCUT2D eigenvalue weighted by molar-refractivity contribution is -0.757. The van der Waals surface area contributed by atoms with Crippen LogP contribution in [0.2, 0.25) is 0 Å². The summed E-state index contributed by atoms with van der Waals surface area (Å²) < 4.78 is 26.8. The summed E-state index contributed by atoms with van der Waals surface area (Å²) in [6.07, 6.45) is -0.0632. The standard InChI is InChI=1S/C31H41FN2O14/c1-28-10-9-18(35)12-17(28)7-8-19-20-13-22(36)31(43,29(20,2)14-23(37)30(19,28)32)24(38)16-47-27(42)46-15-21(26(40)41)33-25(39)6-4-3-5-11-48-34(44)45/h9-10,12,19-23,36-37,43H,3-8,11,13-16H2,1-2H3,(H,33,39)(H,40,41)/t19-,20-,21?,22+,23-,28-,29-,30-,31-/m0/s1. The number of nitrogens with zero attached hydrogens (tertiary/aromatic N) is 1. The van der Waals surface area contributed by atoms with Crippen LogP contribution < -0.4 is 5.32 Å². The number of ketones is 2. The Bertz CT molecular complexity index is 1400. The first-order valence-corrected chi connectivity index (χ1v) is 15.8. The van der Waals surface area contributed by atoms with Crippen LogP contribution in [0.4, 0.5) is 9.18 Å². The van der Waals surface area contributed by atoms with Crippen molar-refractivity contribution in [2.24, 2.45) is 22.7 Å². The summed E-state index contributed by atoms with van der Waals surface area (Å²) in [5, 5.41) is 54.9. The molecule has 16 nitrogen and oxygen atoms in total. The van der Waals surface area contributed by atoms with Crippen LogP contribution in [0.15, 0.2) is 23.8 Å². The second kappa shape index (κ2) is 13.9. The van der Waals surface area contributed by atoms with Crippen LogP contribution in [-0.2, 0) is 33.5 Å². The van der Waals surface area contributed by atoms with Gasteiger partial charge in [-0.1, -0.05) is 25.0 Å². The molecule has 0 radical (unpaired) electrons. The zero-order chi connectivity index (χ0) is 35.7. The number of aliphatic hydroxyl groups is 3. The lowest BCUT2D eigenvalue weighted by atomic mass is 9.44. The number of alkyl halides is 1. The van der Waals surface area contributed by atoms with Crippen molar-refractivity contribution in [2.45, 2.75) is 94.7 Å². The van der Waals surface area contributed by atoms with Crippen LogP contribution in [0.5, 0.6) is 0 Å². The molecule has 0 aromatic rings. The molecule has 17 heteroatoms. The van der Waals surface area contributed by atoms with E-state index in [-0.39, 0.29) is 38.1 Å². The molecule has 48 heavy (non-hydrogen) atoms. The van der Waals surface area contributed by atoms with E-state index in [1.165, 1.54) is 25.2 Å². The smallest absolute Gasteiger partial charge is 0.480 e. The molecule has 0 bridgehead atoms.